The molecule has 0 bridgehead atoms. The molecular formula is C16H17N3O4. The molecule has 1 atom stereocenters. The molecule has 0 aliphatic rings. The second-order valence-electron chi connectivity index (χ2n) is 5.26. The zero-order valence-electron chi connectivity index (χ0n) is 12.9. The third-order valence-electron chi connectivity index (χ3n) is 3.46. The summed E-state index contributed by atoms with van der Waals surface area (Å²) in [6.45, 7) is 0.391. The zero-order valence-corrected chi connectivity index (χ0v) is 12.9. The van der Waals surface area contributed by atoms with E-state index in [0.717, 1.165) is 5.76 Å². The first kappa shape index (κ1) is 15.1. The average Bonchev–Trinajstić information content (AvgIpc) is 3.27. The Labute approximate surface area is 132 Å². The maximum atomic E-state index is 12.2. The lowest BCUT2D eigenvalue weighted by atomic mass is 10.2. The van der Waals surface area contributed by atoms with Crippen molar-refractivity contribution in [1.29, 1.82) is 0 Å². The predicted octanol–water partition coefficient (Wildman–Crippen LogP) is 2.56. The summed E-state index contributed by atoms with van der Waals surface area (Å²) in [5, 5.41) is 6.61. The molecule has 7 heteroatoms. The Balaban J connectivity index is 1.65. The van der Waals surface area contributed by atoms with Crippen LogP contribution >= 0.6 is 0 Å². The maximum Gasteiger partial charge on any atom is 0.273 e. The molecule has 1 N–H and O–H groups in total. The molecule has 3 rings (SSSR count). The minimum absolute atomic E-state index is 0.0644. The van der Waals surface area contributed by atoms with Crippen LogP contribution in [0.5, 0.6) is 0 Å². The zero-order chi connectivity index (χ0) is 16.2. The van der Waals surface area contributed by atoms with E-state index in [1.807, 2.05) is 31.1 Å². The fourth-order valence-electron chi connectivity index (χ4n) is 2.22. The van der Waals surface area contributed by atoms with E-state index in [4.69, 9.17) is 13.4 Å². The monoisotopic (exact) mass is 315 g/mol. The van der Waals surface area contributed by atoms with Crippen molar-refractivity contribution in [2.24, 2.45) is 0 Å². The lowest BCUT2D eigenvalue weighted by Crippen LogP contribution is -2.34. The predicted molar refractivity (Wildman–Crippen MR) is 81.7 cm³/mol. The van der Waals surface area contributed by atoms with E-state index >= 15 is 0 Å². The molecular weight excluding hydrogens is 298 g/mol. The van der Waals surface area contributed by atoms with Crippen LogP contribution in [0.15, 0.2) is 56.2 Å². The van der Waals surface area contributed by atoms with Gasteiger partial charge in [0, 0.05) is 12.6 Å². The molecule has 7 nitrogen and oxygen atoms in total. The molecule has 1 unspecified atom stereocenters. The SMILES string of the molecule is CN(C)C(CNC(=O)c1cc(-c2ccco2)on1)c1ccco1. The van der Waals surface area contributed by atoms with Crippen molar-refractivity contribution in [1.82, 2.24) is 15.4 Å². The summed E-state index contributed by atoms with van der Waals surface area (Å²) in [5.74, 6) is 1.41. The van der Waals surface area contributed by atoms with Gasteiger partial charge in [0.05, 0.1) is 18.6 Å². The molecule has 0 radical (unpaired) electrons. The van der Waals surface area contributed by atoms with Crippen molar-refractivity contribution in [2.45, 2.75) is 6.04 Å². The van der Waals surface area contributed by atoms with Gasteiger partial charge in [-0.1, -0.05) is 5.16 Å². The molecule has 3 aromatic heterocycles. The largest absolute Gasteiger partial charge is 0.468 e. The molecule has 3 heterocycles. The summed E-state index contributed by atoms with van der Waals surface area (Å²) < 4.78 is 15.7. The molecule has 0 saturated carbocycles. The minimum atomic E-state index is -0.315. The smallest absolute Gasteiger partial charge is 0.273 e. The first-order valence-electron chi connectivity index (χ1n) is 7.14. The highest BCUT2D eigenvalue weighted by Gasteiger charge is 2.20. The fourth-order valence-corrected chi connectivity index (χ4v) is 2.22. The lowest BCUT2D eigenvalue weighted by molar-refractivity contribution is 0.0930. The van der Waals surface area contributed by atoms with Gasteiger partial charge in [-0.3, -0.25) is 9.69 Å². The third-order valence-corrected chi connectivity index (χ3v) is 3.46. The Bertz CT molecular complexity index is 744. The van der Waals surface area contributed by atoms with Crippen LogP contribution in [0.1, 0.15) is 22.3 Å². The number of nitrogens with zero attached hydrogens (tertiary/aromatic N) is 2. The highest BCUT2D eigenvalue weighted by molar-refractivity contribution is 5.92. The summed E-state index contributed by atoms with van der Waals surface area (Å²) in [7, 11) is 3.84. The Morgan fingerprint density at radius 1 is 1.22 bits per heavy atom. The number of amides is 1. The molecule has 0 aliphatic carbocycles. The van der Waals surface area contributed by atoms with Crippen molar-refractivity contribution < 1.29 is 18.2 Å². The van der Waals surface area contributed by atoms with Gasteiger partial charge in [0.2, 0.25) is 5.76 Å². The highest BCUT2D eigenvalue weighted by atomic mass is 16.5. The van der Waals surface area contributed by atoms with Gasteiger partial charge in [0.25, 0.3) is 5.91 Å². The number of nitrogens with one attached hydrogen (secondary N) is 1. The molecule has 3 aromatic rings. The summed E-state index contributed by atoms with van der Waals surface area (Å²) in [6.07, 6.45) is 3.14. The van der Waals surface area contributed by atoms with Crippen LogP contribution in [0, 0.1) is 0 Å². The van der Waals surface area contributed by atoms with Gasteiger partial charge in [-0.05, 0) is 38.4 Å². The van der Waals surface area contributed by atoms with Gasteiger partial charge in [0.1, 0.15) is 5.76 Å². The van der Waals surface area contributed by atoms with Gasteiger partial charge in [-0.25, -0.2) is 0 Å². The van der Waals surface area contributed by atoms with Gasteiger partial charge < -0.3 is 18.7 Å². The topological polar surface area (TPSA) is 84.7 Å². The molecule has 1 amide bonds. The fraction of sp³-hybridized carbons (Fsp3) is 0.250. The van der Waals surface area contributed by atoms with E-state index in [2.05, 4.69) is 10.5 Å². The second kappa shape index (κ2) is 6.53. The van der Waals surface area contributed by atoms with Crippen LogP contribution in [0.2, 0.25) is 0 Å². The molecule has 0 fully saturated rings. The maximum absolute atomic E-state index is 12.2. The van der Waals surface area contributed by atoms with Crippen LogP contribution in [0.3, 0.4) is 0 Å². The lowest BCUT2D eigenvalue weighted by Gasteiger charge is -2.22. The van der Waals surface area contributed by atoms with Gasteiger partial charge in [-0.2, -0.15) is 0 Å². The second-order valence-corrected chi connectivity index (χ2v) is 5.26. The summed E-state index contributed by atoms with van der Waals surface area (Å²) >= 11 is 0. The molecule has 0 saturated heterocycles. The van der Waals surface area contributed by atoms with Crippen LogP contribution in [-0.2, 0) is 0 Å². The van der Waals surface area contributed by atoms with Gasteiger partial charge in [0.15, 0.2) is 11.5 Å². The summed E-state index contributed by atoms with van der Waals surface area (Å²) in [5.41, 5.74) is 0.202. The molecule has 0 spiro atoms. The molecule has 23 heavy (non-hydrogen) atoms. The summed E-state index contributed by atoms with van der Waals surface area (Å²) in [4.78, 5) is 14.2. The summed E-state index contributed by atoms with van der Waals surface area (Å²) in [6, 6.07) is 8.66. The highest BCUT2D eigenvalue weighted by Crippen LogP contribution is 2.21. The molecule has 0 aliphatic heterocycles. The van der Waals surface area contributed by atoms with Crippen LogP contribution in [-0.4, -0.2) is 36.6 Å². The standard InChI is InChI=1S/C16H17N3O4/c1-19(2)12(13-5-3-7-21-13)10-17-16(20)11-9-15(23-18-11)14-6-4-8-22-14/h3-9,12H,10H2,1-2H3,(H,17,20). The number of aromatic nitrogens is 1. The minimum Gasteiger partial charge on any atom is -0.468 e. The van der Waals surface area contributed by atoms with Gasteiger partial charge in [-0.15, -0.1) is 0 Å². The third kappa shape index (κ3) is 3.35. The first-order chi connectivity index (χ1) is 11.1. The molecule has 0 aromatic carbocycles. The Hall–Kier alpha value is -2.80. The van der Waals surface area contributed by atoms with E-state index < -0.39 is 0 Å². The number of hydrogen-bond acceptors (Lipinski definition) is 6. The number of furan rings is 2. The number of likely N-dealkylation sites (N-methyl/N-ethyl adjacent to an activating group) is 1. The number of carbonyl (C=O) groups is 1. The van der Waals surface area contributed by atoms with Crippen molar-refractivity contribution in [3.8, 4) is 11.5 Å². The van der Waals surface area contributed by atoms with Crippen LogP contribution in [0.25, 0.3) is 11.5 Å². The quantitative estimate of drug-likeness (QED) is 0.752. The number of rotatable bonds is 6. The Morgan fingerprint density at radius 3 is 2.65 bits per heavy atom. The van der Waals surface area contributed by atoms with Crippen molar-refractivity contribution >= 4 is 5.91 Å². The van der Waals surface area contributed by atoms with Crippen LogP contribution < -0.4 is 5.32 Å². The van der Waals surface area contributed by atoms with Crippen LogP contribution in [0.4, 0.5) is 0 Å². The first-order valence-corrected chi connectivity index (χ1v) is 7.14. The Kier molecular flexibility index (Phi) is 4.29. The van der Waals surface area contributed by atoms with E-state index in [1.165, 1.54) is 6.26 Å². The van der Waals surface area contributed by atoms with Crippen molar-refractivity contribution in [3.63, 3.8) is 0 Å². The van der Waals surface area contributed by atoms with Crippen molar-refractivity contribution in [2.75, 3.05) is 20.6 Å². The number of hydrogen-bond donors (Lipinski definition) is 1. The van der Waals surface area contributed by atoms with Crippen molar-refractivity contribution in [3.05, 3.63) is 54.3 Å². The molecule has 120 valence electrons. The van der Waals surface area contributed by atoms with E-state index in [9.17, 15) is 4.79 Å². The number of carbonyl (C=O) groups excluding carboxylic acids is 1. The van der Waals surface area contributed by atoms with E-state index in [0.29, 0.717) is 18.1 Å². The van der Waals surface area contributed by atoms with E-state index in [1.54, 1.807) is 24.5 Å². The average molecular weight is 315 g/mol. The normalized spacial score (nSPS) is 12.5. The van der Waals surface area contributed by atoms with E-state index in [-0.39, 0.29) is 17.6 Å². The Morgan fingerprint density at radius 2 is 2.00 bits per heavy atom. The van der Waals surface area contributed by atoms with Gasteiger partial charge >= 0.3 is 0 Å².